The first-order valence-electron chi connectivity index (χ1n) is 39.5. The van der Waals surface area contributed by atoms with Gasteiger partial charge in [-0.3, -0.25) is 9.59 Å². The van der Waals surface area contributed by atoms with Gasteiger partial charge in [-0.05, 0) is 32.1 Å². The smallest absolute Gasteiger partial charge is 0.305 e. The van der Waals surface area contributed by atoms with Gasteiger partial charge in [0.1, 0.15) is 0 Å². The van der Waals surface area contributed by atoms with Crippen molar-refractivity contribution < 1.29 is 24.5 Å². The zero-order valence-electron chi connectivity index (χ0n) is 58.1. The Morgan fingerprint density at radius 1 is 0.318 bits per heavy atom. The second kappa shape index (κ2) is 75.1. The highest BCUT2D eigenvalue weighted by atomic mass is 16.5. The molecule has 0 aromatic heterocycles. The van der Waals surface area contributed by atoms with Crippen molar-refractivity contribution in [2.75, 3.05) is 13.2 Å². The average molecular weight is 1200 g/mol. The molecule has 0 heterocycles. The molecule has 1 amide bonds. The van der Waals surface area contributed by atoms with E-state index in [1.165, 1.54) is 392 Å². The Labute approximate surface area is 533 Å². The van der Waals surface area contributed by atoms with Gasteiger partial charge in [-0.25, -0.2) is 0 Å². The van der Waals surface area contributed by atoms with Crippen LogP contribution in [0.1, 0.15) is 457 Å². The number of carbonyl (C=O) groups excluding carboxylic acids is 2. The highest BCUT2D eigenvalue weighted by Crippen LogP contribution is 2.20. The highest BCUT2D eigenvalue weighted by molar-refractivity contribution is 5.76. The fraction of sp³-hybridized carbons (Fsp3) is 0.949. The maximum atomic E-state index is 12.5. The number of nitrogens with one attached hydrogen (secondary N) is 1. The van der Waals surface area contributed by atoms with E-state index in [4.69, 9.17) is 4.74 Å². The van der Waals surface area contributed by atoms with E-state index in [0.29, 0.717) is 19.4 Å². The van der Waals surface area contributed by atoms with Gasteiger partial charge in [0.05, 0.1) is 25.4 Å². The van der Waals surface area contributed by atoms with Crippen LogP contribution in [-0.4, -0.2) is 47.4 Å². The van der Waals surface area contributed by atoms with Crippen molar-refractivity contribution in [2.24, 2.45) is 0 Å². The Kier molecular flexibility index (Phi) is 73.8. The fourth-order valence-corrected chi connectivity index (χ4v) is 12.8. The summed E-state index contributed by atoms with van der Waals surface area (Å²) in [6.45, 7) is 4.97. The van der Waals surface area contributed by atoms with E-state index in [1.807, 2.05) is 6.08 Å². The molecule has 0 aromatic rings. The normalized spacial score (nSPS) is 12.5. The molecule has 0 rings (SSSR count). The van der Waals surface area contributed by atoms with Gasteiger partial charge in [0.15, 0.2) is 0 Å². The number of rotatable bonds is 75. The SMILES string of the molecule is CCCCCCCCCCCCCCCCCCCCCCC/C=C/C(O)C(CO)NC(=O)CCCCCCCCCCCCCCCCCCCCCCCCCCCCCCCCOC(=O)CCCCCCCCCCCCCCCCC. The van der Waals surface area contributed by atoms with E-state index in [-0.39, 0.29) is 18.5 Å². The maximum Gasteiger partial charge on any atom is 0.305 e. The summed E-state index contributed by atoms with van der Waals surface area (Å²) in [7, 11) is 0. The summed E-state index contributed by atoms with van der Waals surface area (Å²) in [5.74, 6) is -0.0345. The topological polar surface area (TPSA) is 95.9 Å². The lowest BCUT2D eigenvalue weighted by Crippen LogP contribution is -2.45. The van der Waals surface area contributed by atoms with Gasteiger partial charge < -0.3 is 20.3 Å². The van der Waals surface area contributed by atoms with Crippen LogP contribution >= 0.6 is 0 Å². The zero-order valence-corrected chi connectivity index (χ0v) is 58.1. The minimum Gasteiger partial charge on any atom is -0.466 e. The maximum absolute atomic E-state index is 12.5. The molecule has 85 heavy (non-hydrogen) atoms. The summed E-state index contributed by atoms with van der Waals surface area (Å²) in [6.07, 6.45) is 94.7. The number of esters is 1. The molecule has 2 unspecified atom stereocenters. The van der Waals surface area contributed by atoms with Crippen LogP contribution in [0, 0.1) is 0 Å². The van der Waals surface area contributed by atoms with E-state index in [0.717, 1.165) is 38.5 Å². The molecular formula is C79H155NO5. The highest BCUT2D eigenvalue weighted by Gasteiger charge is 2.18. The number of carbonyl (C=O) groups is 2. The molecule has 0 aromatic carbocycles. The first-order valence-corrected chi connectivity index (χ1v) is 39.5. The van der Waals surface area contributed by atoms with E-state index < -0.39 is 12.1 Å². The summed E-state index contributed by atoms with van der Waals surface area (Å²) in [5.41, 5.74) is 0. The Bertz CT molecular complexity index is 1290. The molecule has 506 valence electrons. The second-order valence-electron chi connectivity index (χ2n) is 27.4. The lowest BCUT2D eigenvalue weighted by molar-refractivity contribution is -0.143. The largest absolute Gasteiger partial charge is 0.466 e. The van der Waals surface area contributed by atoms with Crippen molar-refractivity contribution in [2.45, 2.75) is 469 Å². The van der Waals surface area contributed by atoms with Gasteiger partial charge in [-0.1, -0.05) is 424 Å². The summed E-state index contributed by atoms with van der Waals surface area (Å²) in [4.78, 5) is 24.6. The van der Waals surface area contributed by atoms with E-state index in [1.54, 1.807) is 6.08 Å². The van der Waals surface area contributed by atoms with Gasteiger partial charge in [0.25, 0.3) is 0 Å². The molecule has 0 aliphatic carbocycles. The van der Waals surface area contributed by atoms with Crippen LogP contribution in [0.2, 0.25) is 0 Å². The number of allylic oxidation sites excluding steroid dienone is 1. The van der Waals surface area contributed by atoms with Gasteiger partial charge in [-0.2, -0.15) is 0 Å². The van der Waals surface area contributed by atoms with Crippen molar-refractivity contribution in [1.82, 2.24) is 5.32 Å². The Balaban J connectivity index is 3.35. The molecule has 0 radical (unpaired) electrons. The number of ether oxygens (including phenoxy) is 1. The lowest BCUT2D eigenvalue weighted by atomic mass is 10.0. The summed E-state index contributed by atoms with van der Waals surface area (Å²) >= 11 is 0. The molecule has 6 heteroatoms. The van der Waals surface area contributed by atoms with Crippen molar-refractivity contribution in [3.05, 3.63) is 12.2 Å². The first kappa shape index (κ1) is 83.6. The van der Waals surface area contributed by atoms with Crippen LogP contribution in [0.5, 0.6) is 0 Å². The van der Waals surface area contributed by atoms with Gasteiger partial charge in [0.2, 0.25) is 5.91 Å². The van der Waals surface area contributed by atoms with Crippen molar-refractivity contribution >= 4 is 11.9 Å². The molecule has 2 atom stereocenters. The molecule has 0 saturated carbocycles. The van der Waals surface area contributed by atoms with Crippen LogP contribution in [0.3, 0.4) is 0 Å². The van der Waals surface area contributed by atoms with Gasteiger partial charge >= 0.3 is 5.97 Å². The van der Waals surface area contributed by atoms with Crippen LogP contribution in [0.4, 0.5) is 0 Å². The molecule has 0 aliphatic heterocycles. The summed E-state index contributed by atoms with van der Waals surface area (Å²) < 4.78 is 5.51. The van der Waals surface area contributed by atoms with Gasteiger partial charge in [-0.15, -0.1) is 0 Å². The third kappa shape index (κ3) is 71.6. The molecule has 0 fully saturated rings. The van der Waals surface area contributed by atoms with E-state index >= 15 is 0 Å². The predicted molar refractivity (Wildman–Crippen MR) is 375 cm³/mol. The van der Waals surface area contributed by atoms with Gasteiger partial charge in [0, 0.05) is 12.8 Å². The van der Waals surface area contributed by atoms with Crippen LogP contribution < -0.4 is 5.32 Å². The lowest BCUT2D eigenvalue weighted by Gasteiger charge is -2.20. The van der Waals surface area contributed by atoms with Crippen molar-refractivity contribution in [1.29, 1.82) is 0 Å². The fourth-order valence-electron chi connectivity index (χ4n) is 12.8. The Hall–Kier alpha value is -1.40. The van der Waals surface area contributed by atoms with Crippen molar-refractivity contribution in [3.8, 4) is 0 Å². The third-order valence-corrected chi connectivity index (χ3v) is 18.8. The van der Waals surface area contributed by atoms with Crippen LogP contribution in [0.15, 0.2) is 12.2 Å². The quantitative estimate of drug-likeness (QED) is 0.0320. The monoisotopic (exact) mass is 1200 g/mol. The first-order chi connectivity index (χ1) is 42.0. The Morgan fingerprint density at radius 3 is 0.800 bits per heavy atom. The molecule has 0 aliphatic rings. The minimum absolute atomic E-state index is 0.0240. The number of amides is 1. The predicted octanol–water partition coefficient (Wildman–Crippen LogP) is 25.9. The standard InChI is InChI=1S/C79H155NO5/c1-3-5-7-9-11-13-15-17-19-20-21-22-31-34-37-40-44-47-51-55-59-63-67-71-77(82)76(75-81)80-78(83)72-68-64-60-56-52-48-45-41-38-35-32-29-27-25-23-24-26-28-30-33-36-39-42-46-50-54-58-62-66-70-74-85-79(84)73-69-65-61-57-53-49-43-18-16-14-12-10-8-6-4-2/h67,71,76-77,81-82H,3-66,68-70,72-75H2,1-2H3,(H,80,83)/b71-67+. The second-order valence-corrected chi connectivity index (χ2v) is 27.4. The molecular weight excluding hydrogens is 1040 g/mol. The third-order valence-electron chi connectivity index (χ3n) is 18.8. The molecule has 6 nitrogen and oxygen atoms in total. The van der Waals surface area contributed by atoms with Crippen LogP contribution in [-0.2, 0) is 14.3 Å². The number of hydrogen-bond acceptors (Lipinski definition) is 5. The van der Waals surface area contributed by atoms with Crippen LogP contribution in [0.25, 0.3) is 0 Å². The number of unbranched alkanes of at least 4 members (excludes halogenated alkanes) is 64. The average Bonchev–Trinajstić information content (AvgIpc) is 3.52. The molecule has 0 bridgehead atoms. The van der Waals surface area contributed by atoms with E-state index in [9.17, 15) is 19.8 Å². The number of hydrogen-bond donors (Lipinski definition) is 3. The molecule has 0 spiro atoms. The number of aliphatic hydroxyl groups excluding tert-OH is 2. The van der Waals surface area contributed by atoms with E-state index in [2.05, 4.69) is 19.2 Å². The zero-order chi connectivity index (χ0) is 61.3. The minimum atomic E-state index is -0.842. The summed E-state index contributed by atoms with van der Waals surface area (Å²) in [5, 5.41) is 23.3. The molecule has 3 N–H and O–H groups in total. The van der Waals surface area contributed by atoms with Crippen molar-refractivity contribution in [3.63, 3.8) is 0 Å². The molecule has 0 saturated heterocycles. The summed E-state index contributed by atoms with van der Waals surface area (Å²) in [6, 6.07) is -0.626. The Morgan fingerprint density at radius 2 is 0.541 bits per heavy atom. The number of aliphatic hydroxyl groups is 2.